The van der Waals surface area contributed by atoms with Crippen LogP contribution in [0.15, 0.2) is 24.3 Å². The third-order valence-electron chi connectivity index (χ3n) is 5.23. The van der Waals surface area contributed by atoms with E-state index in [1.807, 2.05) is 0 Å². The summed E-state index contributed by atoms with van der Waals surface area (Å²) in [5.41, 5.74) is 6.71. The highest BCUT2D eigenvalue weighted by Gasteiger charge is 2.24. The first-order valence-electron chi connectivity index (χ1n) is 9.09. The molecule has 1 saturated carbocycles. The molecule has 0 radical (unpaired) electrons. The van der Waals surface area contributed by atoms with Crippen LogP contribution in [0.2, 0.25) is 0 Å². The van der Waals surface area contributed by atoms with Gasteiger partial charge in [0.25, 0.3) is 5.91 Å². The number of rotatable bonds is 4. The van der Waals surface area contributed by atoms with Gasteiger partial charge in [0.2, 0.25) is 5.91 Å². The summed E-state index contributed by atoms with van der Waals surface area (Å²) in [6, 6.07) is 6.02. The normalized spacial score (nSPS) is 14.8. The first kappa shape index (κ1) is 18.9. The molecule has 2 N–H and O–H groups in total. The zero-order valence-electron chi connectivity index (χ0n) is 15.5. The number of amides is 2. The summed E-state index contributed by atoms with van der Waals surface area (Å²) in [5, 5.41) is 8.12. The van der Waals surface area contributed by atoms with Crippen LogP contribution in [0.4, 0.5) is 4.39 Å². The maximum absolute atomic E-state index is 14.1. The van der Waals surface area contributed by atoms with Gasteiger partial charge in [0, 0.05) is 24.2 Å². The van der Waals surface area contributed by atoms with Gasteiger partial charge in [-0.15, -0.1) is 10.2 Å². The number of carbonyl (C=O) groups excluding carboxylic acids is 2. The van der Waals surface area contributed by atoms with E-state index < -0.39 is 11.7 Å². The standard InChI is InChI=1S/C20H23FN4O2/c1-12-15(10-13(19(22)26)11-16(12)21)17-8-9-18(24-23-17)20(27)25(2)14-6-4-3-5-7-14/h8-11,14H,3-7H2,1-2H3,(H2,22,26). The van der Waals surface area contributed by atoms with Crippen LogP contribution in [0.3, 0.4) is 0 Å². The Kier molecular flexibility index (Phi) is 5.48. The highest BCUT2D eigenvalue weighted by molar-refractivity contribution is 5.94. The number of benzene rings is 1. The lowest BCUT2D eigenvalue weighted by molar-refractivity contribution is 0.0689. The molecule has 7 heteroatoms. The second-order valence-electron chi connectivity index (χ2n) is 7.01. The van der Waals surface area contributed by atoms with E-state index in [2.05, 4.69) is 10.2 Å². The Balaban J connectivity index is 1.85. The molecular weight excluding hydrogens is 347 g/mol. The molecule has 2 amide bonds. The fourth-order valence-electron chi connectivity index (χ4n) is 3.49. The summed E-state index contributed by atoms with van der Waals surface area (Å²) in [6.07, 6.45) is 5.49. The number of hydrogen-bond acceptors (Lipinski definition) is 4. The van der Waals surface area contributed by atoms with Crippen LogP contribution in [0.25, 0.3) is 11.3 Å². The SMILES string of the molecule is Cc1c(F)cc(C(N)=O)cc1-c1ccc(C(=O)N(C)C2CCCCC2)nn1. The fraction of sp³-hybridized carbons (Fsp3) is 0.400. The molecule has 1 heterocycles. The number of aromatic nitrogens is 2. The molecule has 0 atom stereocenters. The number of hydrogen-bond donors (Lipinski definition) is 1. The Labute approximate surface area is 157 Å². The fourth-order valence-corrected chi connectivity index (χ4v) is 3.49. The van der Waals surface area contributed by atoms with Crippen molar-refractivity contribution in [2.24, 2.45) is 5.73 Å². The van der Waals surface area contributed by atoms with Gasteiger partial charge in [-0.3, -0.25) is 9.59 Å². The Morgan fingerprint density at radius 1 is 1.15 bits per heavy atom. The molecule has 2 aromatic rings. The van der Waals surface area contributed by atoms with Crippen molar-refractivity contribution in [2.45, 2.75) is 45.1 Å². The molecule has 27 heavy (non-hydrogen) atoms. The zero-order valence-corrected chi connectivity index (χ0v) is 15.5. The van der Waals surface area contributed by atoms with Gasteiger partial charge in [0.05, 0.1) is 5.69 Å². The number of halogens is 1. The molecule has 3 rings (SSSR count). The summed E-state index contributed by atoms with van der Waals surface area (Å²) in [7, 11) is 1.80. The molecule has 1 aliphatic rings. The molecule has 0 saturated heterocycles. The van der Waals surface area contributed by atoms with E-state index in [0.717, 1.165) is 31.7 Å². The van der Waals surface area contributed by atoms with Crippen molar-refractivity contribution in [3.05, 3.63) is 46.9 Å². The molecule has 0 spiro atoms. The second-order valence-corrected chi connectivity index (χ2v) is 7.01. The van der Waals surface area contributed by atoms with Crippen molar-refractivity contribution < 1.29 is 14.0 Å². The molecule has 1 aliphatic carbocycles. The second kappa shape index (κ2) is 7.82. The third kappa shape index (κ3) is 3.97. The summed E-state index contributed by atoms with van der Waals surface area (Å²) in [5.74, 6) is -1.43. The highest BCUT2D eigenvalue weighted by Crippen LogP contribution is 2.26. The first-order valence-corrected chi connectivity index (χ1v) is 9.09. The first-order chi connectivity index (χ1) is 12.9. The lowest BCUT2D eigenvalue weighted by atomic mass is 9.94. The maximum Gasteiger partial charge on any atom is 0.274 e. The summed E-state index contributed by atoms with van der Waals surface area (Å²) in [6.45, 7) is 1.59. The average Bonchev–Trinajstić information content (AvgIpc) is 2.69. The Bertz CT molecular complexity index is 861. The summed E-state index contributed by atoms with van der Waals surface area (Å²) >= 11 is 0. The smallest absolute Gasteiger partial charge is 0.274 e. The average molecular weight is 370 g/mol. The lowest BCUT2D eigenvalue weighted by Gasteiger charge is -2.30. The predicted octanol–water partition coefficient (Wildman–Crippen LogP) is 3.09. The minimum atomic E-state index is -0.719. The zero-order chi connectivity index (χ0) is 19.6. The Morgan fingerprint density at radius 3 is 2.44 bits per heavy atom. The minimum absolute atomic E-state index is 0.0621. The van der Waals surface area contributed by atoms with Crippen molar-refractivity contribution in [2.75, 3.05) is 7.05 Å². The van der Waals surface area contributed by atoms with Gasteiger partial charge in [-0.05, 0) is 49.6 Å². The van der Waals surface area contributed by atoms with Gasteiger partial charge in [-0.25, -0.2) is 4.39 Å². The van der Waals surface area contributed by atoms with E-state index in [0.29, 0.717) is 16.8 Å². The minimum Gasteiger partial charge on any atom is -0.366 e. The van der Waals surface area contributed by atoms with Crippen LogP contribution in [0.1, 0.15) is 58.5 Å². The van der Waals surface area contributed by atoms with Gasteiger partial charge in [0.15, 0.2) is 5.69 Å². The number of nitrogens with zero attached hydrogens (tertiary/aromatic N) is 3. The molecule has 1 fully saturated rings. The third-order valence-corrected chi connectivity index (χ3v) is 5.23. The van der Waals surface area contributed by atoms with Crippen molar-refractivity contribution in [1.29, 1.82) is 0 Å². The molecule has 1 aromatic heterocycles. The van der Waals surface area contributed by atoms with Crippen molar-refractivity contribution in [3.63, 3.8) is 0 Å². The monoisotopic (exact) mass is 370 g/mol. The van der Waals surface area contributed by atoms with Gasteiger partial charge in [0.1, 0.15) is 5.82 Å². The lowest BCUT2D eigenvalue weighted by Crippen LogP contribution is -2.38. The highest BCUT2D eigenvalue weighted by atomic mass is 19.1. The largest absolute Gasteiger partial charge is 0.366 e. The van der Waals surface area contributed by atoms with E-state index in [1.54, 1.807) is 31.0 Å². The quantitative estimate of drug-likeness (QED) is 0.895. The molecular formula is C20H23FN4O2. The Hall–Kier alpha value is -2.83. The van der Waals surface area contributed by atoms with E-state index in [9.17, 15) is 14.0 Å². The van der Waals surface area contributed by atoms with E-state index in [-0.39, 0.29) is 23.2 Å². The van der Waals surface area contributed by atoms with Crippen LogP contribution >= 0.6 is 0 Å². The van der Waals surface area contributed by atoms with Gasteiger partial charge in [-0.1, -0.05) is 19.3 Å². The van der Waals surface area contributed by atoms with E-state index in [1.165, 1.54) is 12.5 Å². The molecule has 0 unspecified atom stereocenters. The van der Waals surface area contributed by atoms with Crippen LogP contribution in [0.5, 0.6) is 0 Å². The topological polar surface area (TPSA) is 89.2 Å². The van der Waals surface area contributed by atoms with Crippen molar-refractivity contribution in [3.8, 4) is 11.3 Å². The van der Waals surface area contributed by atoms with E-state index >= 15 is 0 Å². The summed E-state index contributed by atoms with van der Waals surface area (Å²) in [4.78, 5) is 25.8. The van der Waals surface area contributed by atoms with Gasteiger partial charge >= 0.3 is 0 Å². The number of carbonyl (C=O) groups is 2. The Morgan fingerprint density at radius 2 is 1.85 bits per heavy atom. The predicted molar refractivity (Wildman–Crippen MR) is 99.6 cm³/mol. The number of primary amides is 1. The molecule has 6 nitrogen and oxygen atoms in total. The van der Waals surface area contributed by atoms with Crippen molar-refractivity contribution >= 4 is 11.8 Å². The number of nitrogens with two attached hydrogens (primary N) is 1. The van der Waals surface area contributed by atoms with Gasteiger partial charge < -0.3 is 10.6 Å². The molecule has 142 valence electrons. The molecule has 0 aliphatic heterocycles. The van der Waals surface area contributed by atoms with Crippen LogP contribution in [-0.4, -0.2) is 40.0 Å². The van der Waals surface area contributed by atoms with Crippen LogP contribution < -0.4 is 5.73 Å². The van der Waals surface area contributed by atoms with Crippen LogP contribution in [0, 0.1) is 12.7 Å². The van der Waals surface area contributed by atoms with Crippen LogP contribution in [-0.2, 0) is 0 Å². The molecule has 0 bridgehead atoms. The molecule has 1 aromatic carbocycles. The maximum atomic E-state index is 14.1. The summed E-state index contributed by atoms with van der Waals surface area (Å²) < 4.78 is 14.1. The van der Waals surface area contributed by atoms with Gasteiger partial charge in [-0.2, -0.15) is 0 Å². The van der Waals surface area contributed by atoms with Crippen molar-refractivity contribution in [1.82, 2.24) is 15.1 Å². The van der Waals surface area contributed by atoms with E-state index in [4.69, 9.17) is 5.73 Å².